The van der Waals surface area contributed by atoms with Crippen molar-refractivity contribution in [3.05, 3.63) is 93.0 Å². The molecule has 1 atom stereocenters. The minimum absolute atomic E-state index is 0.475. The molecule has 0 aliphatic carbocycles. The van der Waals surface area contributed by atoms with E-state index in [9.17, 15) is 18.0 Å². The largest absolute Gasteiger partial charge is 0.330 e. The Bertz CT molecular complexity index is 1160. The van der Waals surface area contributed by atoms with Crippen LogP contribution in [-0.4, -0.2) is 33.9 Å². The summed E-state index contributed by atoms with van der Waals surface area (Å²) in [5.41, 5.74) is -0.256. The van der Waals surface area contributed by atoms with Crippen molar-refractivity contribution in [3.63, 3.8) is 0 Å². The second-order valence-electron chi connectivity index (χ2n) is 6.34. The van der Waals surface area contributed by atoms with Gasteiger partial charge in [-0.1, -0.05) is 36.4 Å². The number of rotatable bonds is 5. The summed E-state index contributed by atoms with van der Waals surface area (Å²) < 4.78 is 29.6. The van der Waals surface area contributed by atoms with Crippen LogP contribution in [0.25, 0.3) is 0 Å². The molecule has 0 saturated carbocycles. The molecule has 0 amide bonds. The second-order valence-corrected chi connectivity index (χ2v) is 8.31. The molecule has 28 heavy (non-hydrogen) atoms. The van der Waals surface area contributed by atoms with Crippen LogP contribution in [0, 0.1) is 0 Å². The first-order valence-corrected chi connectivity index (χ1v) is 9.89. The van der Waals surface area contributed by atoms with Crippen molar-refractivity contribution >= 4 is 10.0 Å². The number of pyridine rings is 1. The smallest absolute Gasteiger partial charge is 0.302 e. The maximum Gasteiger partial charge on any atom is 0.330 e. The molecule has 0 bridgehead atoms. The highest BCUT2D eigenvalue weighted by Crippen LogP contribution is 2.29. The number of sulfonamides is 1. The van der Waals surface area contributed by atoms with Crippen molar-refractivity contribution in [2.45, 2.75) is 10.9 Å². The van der Waals surface area contributed by atoms with Crippen LogP contribution in [0.3, 0.4) is 0 Å². The van der Waals surface area contributed by atoms with Gasteiger partial charge in [0, 0.05) is 33.5 Å². The van der Waals surface area contributed by atoms with Gasteiger partial charge in [-0.25, -0.2) is 13.2 Å². The lowest BCUT2D eigenvalue weighted by Gasteiger charge is -2.27. The number of hydrogen-bond donors (Lipinski definition) is 0. The highest BCUT2D eigenvalue weighted by Gasteiger charge is 2.33. The van der Waals surface area contributed by atoms with Crippen molar-refractivity contribution in [1.29, 1.82) is 0 Å². The van der Waals surface area contributed by atoms with Gasteiger partial charge in [0.25, 0.3) is 15.6 Å². The Morgan fingerprint density at radius 2 is 1.64 bits per heavy atom. The Balaban J connectivity index is 2.20. The number of hydrogen-bond acceptors (Lipinski definition) is 5. The molecular weight excluding hydrogens is 380 g/mol. The highest BCUT2D eigenvalue weighted by atomic mass is 32.2. The van der Waals surface area contributed by atoms with Gasteiger partial charge < -0.3 is 4.57 Å². The molecule has 2 aromatic heterocycles. The predicted molar refractivity (Wildman–Crippen MR) is 104 cm³/mol. The van der Waals surface area contributed by atoms with Gasteiger partial charge in [0.05, 0.1) is 11.7 Å². The molecule has 0 aliphatic rings. The van der Waals surface area contributed by atoms with Crippen molar-refractivity contribution in [2.75, 3.05) is 7.05 Å². The average Bonchev–Trinajstić information content (AvgIpc) is 2.70. The third-order valence-corrected chi connectivity index (χ3v) is 6.32. The van der Waals surface area contributed by atoms with Gasteiger partial charge >= 0.3 is 5.69 Å². The molecule has 146 valence electrons. The maximum atomic E-state index is 13.3. The van der Waals surface area contributed by atoms with Crippen LogP contribution in [0.15, 0.2) is 75.4 Å². The SMILES string of the molecule is CN([C@H](c1ccccc1)c1ccccn1)S(=O)(=O)c1cn(C)c(=O)n(C)c1=O. The molecule has 3 rings (SSSR count). The number of aromatic nitrogens is 3. The normalized spacial score (nSPS) is 12.9. The summed E-state index contributed by atoms with van der Waals surface area (Å²) in [7, 11) is -0.187. The summed E-state index contributed by atoms with van der Waals surface area (Å²) >= 11 is 0. The third-order valence-electron chi connectivity index (χ3n) is 4.52. The van der Waals surface area contributed by atoms with E-state index in [1.54, 1.807) is 48.7 Å². The van der Waals surface area contributed by atoms with Gasteiger partial charge in [0.1, 0.15) is 0 Å². The summed E-state index contributed by atoms with van der Waals surface area (Å²) in [5, 5.41) is 0. The Hall–Kier alpha value is -3.04. The Kier molecular flexibility index (Phi) is 5.30. The standard InChI is InChI=1S/C19H20N4O4S/c1-21-13-16(18(24)22(2)19(21)25)28(26,27)23(3)17(14-9-5-4-6-10-14)15-11-7-8-12-20-15/h4-13,17H,1-3H3/t17-/m1/s1. The van der Waals surface area contributed by atoms with Gasteiger partial charge in [-0.3, -0.25) is 14.3 Å². The summed E-state index contributed by atoms with van der Waals surface area (Å²) in [4.78, 5) is 28.3. The van der Waals surface area contributed by atoms with E-state index in [1.807, 2.05) is 6.07 Å². The van der Waals surface area contributed by atoms with Crippen LogP contribution in [0.1, 0.15) is 17.3 Å². The van der Waals surface area contributed by atoms with Crippen LogP contribution < -0.4 is 11.2 Å². The van der Waals surface area contributed by atoms with Crippen molar-refractivity contribution in [3.8, 4) is 0 Å². The second kappa shape index (κ2) is 7.53. The molecule has 0 aliphatic heterocycles. The molecule has 9 heteroatoms. The van der Waals surface area contributed by atoms with Crippen LogP contribution in [0.4, 0.5) is 0 Å². The molecule has 1 aromatic carbocycles. The lowest BCUT2D eigenvalue weighted by atomic mass is 10.0. The quantitative estimate of drug-likeness (QED) is 0.634. The Labute approximate surface area is 162 Å². The highest BCUT2D eigenvalue weighted by molar-refractivity contribution is 7.89. The van der Waals surface area contributed by atoms with Crippen LogP contribution >= 0.6 is 0 Å². The molecule has 0 saturated heterocycles. The predicted octanol–water partition coefficient (Wildman–Crippen LogP) is 0.889. The fourth-order valence-electron chi connectivity index (χ4n) is 2.99. The summed E-state index contributed by atoms with van der Waals surface area (Å²) in [5.74, 6) is 0. The Morgan fingerprint density at radius 1 is 1.00 bits per heavy atom. The fourth-order valence-corrected chi connectivity index (χ4v) is 4.45. The van der Waals surface area contributed by atoms with E-state index in [0.29, 0.717) is 11.3 Å². The van der Waals surface area contributed by atoms with E-state index in [4.69, 9.17) is 0 Å². The molecule has 0 fully saturated rings. The molecule has 0 unspecified atom stereocenters. The number of benzene rings is 1. The number of aryl methyl sites for hydroxylation is 1. The van der Waals surface area contributed by atoms with E-state index >= 15 is 0 Å². The first kappa shape index (κ1) is 19.7. The van der Waals surface area contributed by atoms with Crippen molar-refractivity contribution in [2.24, 2.45) is 14.1 Å². The van der Waals surface area contributed by atoms with Gasteiger partial charge in [-0.05, 0) is 17.7 Å². The third kappa shape index (κ3) is 3.41. The zero-order valence-electron chi connectivity index (χ0n) is 15.7. The molecule has 0 radical (unpaired) electrons. The van der Waals surface area contributed by atoms with E-state index in [0.717, 1.165) is 19.6 Å². The lowest BCUT2D eigenvalue weighted by molar-refractivity contribution is 0.409. The summed E-state index contributed by atoms with van der Waals surface area (Å²) in [6.07, 6.45) is 2.63. The molecular formula is C19H20N4O4S. The average molecular weight is 400 g/mol. The zero-order chi connectivity index (χ0) is 20.5. The van der Waals surface area contributed by atoms with Gasteiger partial charge in [0.2, 0.25) is 0 Å². The summed E-state index contributed by atoms with van der Waals surface area (Å²) in [6.45, 7) is 0. The topological polar surface area (TPSA) is 94.3 Å². The fraction of sp³-hybridized carbons (Fsp3) is 0.211. The van der Waals surface area contributed by atoms with E-state index in [-0.39, 0.29) is 0 Å². The van der Waals surface area contributed by atoms with Gasteiger partial charge in [0.15, 0.2) is 4.90 Å². The van der Waals surface area contributed by atoms with Crippen molar-refractivity contribution in [1.82, 2.24) is 18.4 Å². The van der Waals surface area contributed by atoms with E-state index < -0.39 is 32.2 Å². The molecule has 0 spiro atoms. The Morgan fingerprint density at radius 3 is 2.25 bits per heavy atom. The molecule has 3 aromatic rings. The zero-order valence-corrected chi connectivity index (χ0v) is 16.5. The molecule has 0 N–H and O–H groups in total. The first-order chi connectivity index (χ1) is 13.2. The maximum absolute atomic E-state index is 13.3. The van der Waals surface area contributed by atoms with E-state index in [2.05, 4.69) is 4.98 Å². The summed E-state index contributed by atoms with van der Waals surface area (Å²) in [6, 6.07) is 13.5. The minimum atomic E-state index is -4.23. The molecule has 8 nitrogen and oxygen atoms in total. The van der Waals surface area contributed by atoms with Crippen LogP contribution in [0.5, 0.6) is 0 Å². The van der Waals surface area contributed by atoms with Crippen LogP contribution in [0.2, 0.25) is 0 Å². The first-order valence-electron chi connectivity index (χ1n) is 8.45. The van der Waals surface area contributed by atoms with Crippen molar-refractivity contribution < 1.29 is 8.42 Å². The lowest BCUT2D eigenvalue weighted by Crippen LogP contribution is -2.42. The van der Waals surface area contributed by atoms with Crippen LogP contribution in [-0.2, 0) is 24.1 Å². The van der Waals surface area contributed by atoms with Gasteiger partial charge in [-0.15, -0.1) is 0 Å². The monoisotopic (exact) mass is 400 g/mol. The molecule has 2 heterocycles. The minimum Gasteiger partial charge on any atom is -0.302 e. The number of nitrogens with zero attached hydrogens (tertiary/aromatic N) is 4. The van der Waals surface area contributed by atoms with E-state index in [1.165, 1.54) is 21.1 Å². The van der Waals surface area contributed by atoms with Gasteiger partial charge in [-0.2, -0.15) is 4.31 Å².